The van der Waals surface area contributed by atoms with Crippen LogP contribution in [-0.4, -0.2) is 30.4 Å². The highest BCUT2D eigenvalue weighted by Gasteiger charge is 2.36. The van der Waals surface area contributed by atoms with Gasteiger partial charge in [0.15, 0.2) is 0 Å². The molecule has 14 heteroatoms. The minimum Gasteiger partial charge on any atom is -0.326 e. The monoisotopic (exact) mass is 706 g/mol. The van der Waals surface area contributed by atoms with Gasteiger partial charge in [0.05, 0.1) is 67.3 Å². The summed E-state index contributed by atoms with van der Waals surface area (Å²) in [5.74, 6) is 0. The molecule has 0 unspecified atom stereocenters. The maximum absolute atomic E-state index is 14.1. The molecule has 3 aliphatic rings. The van der Waals surface area contributed by atoms with Crippen molar-refractivity contribution in [1.29, 1.82) is 0 Å². The van der Waals surface area contributed by atoms with Crippen LogP contribution in [0.15, 0.2) is 62.6 Å². The summed E-state index contributed by atoms with van der Waals surface area (Å²) in [6.45, 7) is 0. The van der Waals surface area contributed by atoms with Crippen molar-refractivity contribution >= 4 is 43.1 Å². The molecule has 6 atom stereocenters. The second-order valence-corrected chi connectivity index (χ2v) is 15.3. The van der Waals surface area contributed by atoms with Crippen LogP contribution in [0.2, 0.25) is 0 Å². The van der Waals surface area contributed by atoms with Crippen molar-refractivity contribution in [3.63, 3.8) is 0 Å². The lowest BCUT2D eigenvalue weighted by Crippen LogP contribution is -2.42. The van der Waals surface area contributed by atoms with Gasteiger partial charge in [0.1, 0.15) is 0 Å². The fourth-order valence-corrected chi connectivity index (χ4v) is 9.84. The standard InChI is InChI=1S/C38H38N6O8/c39-25-7-1-3-9-27(25)41-31(45)17-13-21-22(14-18(17)32(41)46)36(50)43(35(21)49)29-11-5-6-12-30(29)44-37(51)23-15-19-20(16-24(23)38(44)52)34(48)42(33(19)47)28-10-4-2-8-26(28)40/h13-16,25-30H,1-12,39-40H2/t25-,26-,27-,28-,29-,30-/m1/s1. The molecule has 0 spiro atoms. The lowest BCUT2D eigenvalue weighted by Gasteiger charge is -2.31. The van der Waals surface area contributed by atoms with E-state index in [1.165, 1.54) is 33.4 Å². The molecule has 14 nitrogen and oxygen atoms in total. The van der Waals surface area contributed by atoms with E-state index in [2.05, 4.69) is 0 Å². The van der Waals surface area contributed by atoms with Gasteiger partial charge in [-0.25, -0.2) is 0 Å². The summed E-state index contributed by atoms with van der Waals surface area (Å²) in [5, 5.41) is 0.142. The van der Waals surface area contributed by atoms with E-state index in [1.807, 2.05) is 0 Å². The Morgan fingerprint density at radius 1 is 0.327 bits per heavy atom. The van der Waals surface area contributed by atoms with Crippen LogP contribution in [0.1, 0.15) is 101 Å². The Morgan fingerprint density at radius 3 is 0.750 bits per heavy atom. The average Bonchev–Trinajstić information content (AvgIpc) is 3.73. The molecule has 3 aliphatic carbocycles. The molecule has 0 radical (unpaired) electrons. The Morgan fingerprint density at radius 2 is 0.519 bits per heavy atom. The highest BCUT2D eigenvalue weighted by molar-refractivity contribution is 5.99. The van der Waals surface area contributed by atoms with E-state index < -0.39 is 68.6 Å². The highest BCUT2D eigenvalue weighted by atomic mass is 16.2. The molecule has 0 saturated heterocycles. The van der Waals surface area contributed by atoms with Gasteiger partial charge in [0, 0.05) is 12.1 Å². The van der Waals surface area contributed by atoms with Crippen molar-refractivity contribution in [2.24, 2.45) is 11.5 Å². The summed E-state index contributed by atoms with van der Waals surface area (Å²) in [6.07, 6.45) is 7.90. The van der Waals surface area contributed by atoms with Crippen LogP contribution in [0.25, 0.3) is 43.1 Å². The van der Waals surface area contributed by atoms with Crippen molar-refractivity contribution in [3.8, 4) is 0 Å². The molecule has 2 aromatic carbocycles. The predicted molar refractivity (Wildman–Crippen MR) is 197 cm³/mol. The van der Waals surface area contributed by atoms with Gasteiger partial charge in [-0.2, -0.15) is 0 Å². The lowest BCUT2D eigenvalue weighted by molar-refractivity contribution is 0.229. The third kappa shape index (κ3) is 4.43. The van der Waals surface area contributed by atoms with Crippen LogP contribution in [0.3, 0.4) is 0 Å². The van der Waals surface area contributed by atoms with E-state index in [0.29, 0.717) is 51.4 Å². The number of benzene rings is 2. The number of fused-ring (bicyclic) bond motifs is 4. The summed E-state index contributed by atoms with van der Waals surface area (Å²) >= 11 is 0. The van der Waals surface area contributed by atoms with Crippen LogP contribution in [-0.2, 0) is 0 Å². The zero-order chi connectivity index (χ0) is 36.3. The highest BCUT2D eigenvalue weighted by Crippen LogP contribution is 2.36. The molecule has 4 heterocycles. The van der Waals surface area contributed by atoms with E-state index in [-0.39, 0.29) is 55.2 Å². The van der Waals surface area contributed by atoms with Crippen molar-refractivity contribution < 1.29 is 0 Å². The molecule has 0 amide bonds. The van der Waals surface area contributed by atoms with Crippen molar-refractivity contribution in [1.82, 2.24) is 18.3 Å². The fourth-order valence-electron chi connectivity index (χ4n) is 9.84. The number of aromatic nitrogens is 4. The number of hydrogen-bond donors (Lipinski definition) is 2. The molecule has 4 aromatic heterocycles. The van der Waals surface area contributed by atoms with Gasteiger partial charge >= 0.3 is 0 Å². The summed E-state index contributed by atoms with van der Waals surface area (Å²) in [4.78, 5) is 111. The lowest BCUT2D eigenvalue weighted by atomic mass is 9.90. The van der Waals surface area contributed by atoms with E-state index in [1.54, 1.807) is 0 Å². The number of hydrogen-bond acceptors (Lipinski definition) is 10. The maximum Gasteiger partial charge on any atom is 0.261 e. The topological polar surface area (TPSA) is 208 Å². The Balaban J connectivity index is 1.17. The molecule has 52 heavy (non-hydrogen) atoms. The molecule has 4 N–H and O–H groups in total. The third-order valence-electron chi connectivity index (χ3n) is 12.5. The molecule has 0 bridgehead atoms. The number of nitrogens with two attached hydrogens (primary N) is 2. The van der Waals surface area contributed by atoms with Gasteiger partial charge in [-0.15, -0.1) is 0 Å². The zero-order valence-corrected chi connectivity index (χ0v) is 28.5. The van der Waals surface area contributed by atoms with Crippen LogP contribution in [0.4, 0.5) is 0 Å². The molecule has 6 aromatic rings. The SMILES string of the molecule is N[C@@H]1CCCC[C@H]1n1c(=O)c2cc3c(=O)n([C@@H]4CCCC[C@H]4n4c(=O)c5cc6c(=O)n([C@@H]7CCCC[C@H]7N)c(=O)c6cc5c4=O)c(=O)c3cc2c1=O. The first-order valence-electron chi connectivity index (χ1n) is 18.4. The molecular formula is C38H38N6O8. The van der Waals surface area contributed by atoms with Gasteiger partial charge in [0.25, 0.3) is 44.5 Å². The van der Waals surface area contributed by atoms with Gasteiger partial charge in [-0.1, -0.05) is 38.5 Å². The largest absolute Gasteiger partial charge is 0.326 e. The van der Waals surface area contributed by atoms with Gasteiger partial charge in [0.2, 0.25) is 0 Å². The van der Waals surface area contributed by atoms with Crippen LogP contribution >= 0.6 is 0 Å². The second-order valence-electron chi connectivity index (χ2n) is 15.3. The number of nitrogens with zero attached hydrogens (tertiary/aromatic N) is 4. The Hall–Kier alpha value is -5.08. The van der Waals surface area contributed by atoms with Crippen molar-refractivity contribution in [2.45, 2.75) is 113 Å². The summed E-state index contributed by atoms with van der Waals surface area (Å²) in [5.41, 5.74) is 7.76. The minimum atomic E-state index is -0.875. The fraction of sp³-hybridized carbons (Fsp3) is 0.474. The van der Waals surface area contributed by atoms with Crippen molar-refractivity contribution in [3.05, 3.63) is 107 Å². The molecule has 268 valence electrons. The first-order chi connectivity index (χ1) is 25.0. The van der Waals surface area contributed by atoms with E-state index >= 15 is 0 Å². The predicted octanol–water partition coefficient (Wildman–Crippen LogP) is 1.38. The van der Waals surface area contributed by atoms with Gasteiger partial charge < -0.3 is 11.5 Å². The van der Waals surface area contributed by atoms with Crippen LogP contribution in [0.5, 0.6) is 0 Å². The van der Waals surface area contributed by atoms with Crippen LogP contribution in [0, 0.1) is 0 Å². The molecule has 9 rings (SSSR count). The van der Waals surface area contributed by atoms with Crippen molar-refractivity contribution in [2.75, 3.05) is 0 Å². The van der Waals surface area contributed by atoms with Crippen LogP contribution < -0.4 is 55.9 Å². The normalized spacial score (nSPS) is 26.0. The summed E-state index contributed by atoms with van der Waals surface area (Å²) in [6, 6.07) is 1.88. The smallest absolute Gasteiger partial charge is 0.261 e. The van der Waals surface area contributed by atoms with E-state index in [9.17, 15) is 38.4 Å². The second kappa shape index (κ2) is 11.7. The number of rotatable bonds is 4. The molecule has 0 aliphatic heterocycles. The quantitative estimate of drug-likeness (QED) is 0.269. The average molecular weight is 707 g/mol. The first-order valence-corrected chi connectivity index (χ1v) is 18.4. The maximum atomic E-state index is 14.1. The van der Waals surface area contributed by atoms with Gasteiger partial charge in [-0.05, 0) is 62.8 Å². The van der Waals surface area contributed by atoms with E-state index in [4.69, 9.17) is 11.5 Å². The Kier molecular flexibility index (Phi) is 7.39. The van der Waals surface area contributed by atoms with Gasteiger partial charge in [-0.3, -0.25) is 56.6 Å². The molecular weight excluding hydrogens is 668 g/mol. The Labute approximate surface area is 292 Å². The minimum absolute atomic E-state index is 0.0120. The summed E-state index contributed by atoms with van der Waals surface area (Å²) in [7, 11) is 0. The van der Waals surface area contributed by atoms with E-state index in [0.717, 1.165) is 34.8 Å². The summed E-state index contributed by atoms with van der Waals surface area (Å²) < 4.78 is 4.48. The third-order valence-corrected chi connectivity index (χ3v) is 12.5. The first kappa shape index (κ1) is 32.8. The molecule has 3 saturated carbocycles. The Bertz CT molecular complexity index is 2560. The zero-order valence-electron chi connectivity index (χ0n) is 28.5. The molecule has 3 fully saturated rings.